The molecule has 0 aliphatic carbocycles. The second-order valence-corrected chi connectivity index (χ2v) is 38.7. The average molecular weight is 349 g/mol. The van der Waals surface area contributed by atoms with Crippen LogP contribution >= 0.6 is 8.25 Å². The Morgan fingerprint density at radius 1 is 0.714 bits per heavy atom. The summed E-state index contributed by atoms with van der Waals surface area (Å²) in [6.45, 7) is 0. The summed E-state index contributed by atoms with van der Waals surface area (Å²) in [5.41, 5.74) is 16.5. The van der Waals surface area contributed by atoms with Gasteiger partial charge in [0, 0.05) is 0 Å². The van der Waals surface area contributed by atoms with E-state index < -0.39 is 33.8 Å². The van der Waals surface area contributed by atoms with Crippen LogP contribution in [0, 0.1) is 0 Å². The van der Waals surface area contributed by atoms with E-state index in [0.717, 1.165) is 0 Å². The monoisotopic (exact) mass is 349 g/mol. The molecular formula is C8H24As2O3P+. The van der Waals surface area contributed by atoms with Crippen LogP contribution in [0.3, 0.4) is 0 Å². The van der Waals surface area contributed by atoms with Gasteiger partial charge in [-0.05, 0) is 0 Å². The Hall–Kier alpha value is 1.14. The molecule has 3 nitrogen and oxygen atoms in total. The molecule has 0 rings (SSSR count). The van der Waals surface area contributed by atoms with Gasteiger partial charge in [0.15, 0.2) is 0 Å². The van der Waals surface area contributed by atoms with Crippen LogP contribution in [0.5, 0.6) is 0 Å². The van der Waals surface area contributed by atoms with Crippen LogP contribution in [0.25, 0.3) is 0 Å². The molecule has 0 aromatic carbocycles. The number of hydrogen-bond acceptors (Lipinski definition) is 3. The summed E-state index contributed by atoms with van der Waals surface area (Å²) in [7, 11) is -1.94. The van der Waals surface area contributed by atoms with E-state index in [9.17, 15) is 4.57 Å². The van der Waals surface area contributed by atoms with Crippen molar-refractivity contribution in [3.63, 3.8) is 0 Å². The molecule has 0 N–H and O–H groups in total. The van der Waals surface area contributed by atoms with E-state index in [1.807, 2.05) is 0 Å². The second-order valence-electron chi connectivity index (χ2n) is 7.21. The van der Waals surface area contributed by atoms with Crippen LogP contribution in [0.4, 0.5) is 0 Å². The zero-order chi connectivity index (χ0) is 11.9. The molecule has 0 saturated heterocycles. The summed E-state index contributed by atoms with van der Waals surface area (Å²) in [6, 6.07) is 0. The van der Waals surface area contributed by atoms with Gasteiger partial charge >= 0.3 is 91.1 Å². The van der Waals surface area contributed by atoms with Gasteiger partial charge in [0.2, 0.25) is 0 Å². The summed E-state index contributed by atoms with van der Waals surface area (Å²) in [5, 5.41) is 0. The normalized spacial score (nSPS) is 20.4. The van der Waals surface area contributed by atoms with Gasteiger partial charge in [-0.15, -0.1) is 0 Å². The third kappa shape index (κ3) is 11.2. The maximum atomic E-state index is 11.7. The van der Waals surface area contributed by atoms with E-state index in [-0.39, 0.29) is 0 Å². The third-order valence-electron chi connectivity index (χ3n) is 0.787. The Bertz CT molecular complexity index is 215. The molecule has 0 aliphatic rings. The average Bonchev–Trinajstić information content (AvgIpc) is 1.41. The molecular weight excluding hydrogens is 325 g/mol. The van der Waals surface area contributed by atoms with Crippen molar-refractivity contribution in [2.45, 2.75) is 45.7 Å². The van der Waals surface area contributed by atoms with Gasteiger partial charge in [-0.3, -0.25) is 0 Å². The summed E-state index contributed by atoms with van der Waals surface area (Å²) >= 11 is -5.41. The Labute approximate surface area is 90.9 Å². The molecule has 0 bridgehead atoms. The van der Waals surface area contributed by atoms with E-state index in [2.05, 4.69) is 45.7 Å². The fraction of sp³-hybridized carbons (Fsp3) is 1.00. The van der Waals surface area contributed by atoms with Crippen LogP contribution in [-0.4, -0.2) is 25.6 Å². The fourth-order valence-corrected chi connectivity index (χ4v) is 9.52. The molecule has 0 aromatic heterocycles. The zero-order valence-corrected chi connectivity index (χ0v) is 15.2. The standard InChI is InChI=1S/C8H24As2O3P/c1-9(2,3,4)12-14(11)13-10(5,6,7)8/h1-8H3/q+1. The van der Waals surface area contributed by atoms with Crippen LogP contribution in [0.2, 0.25) is 45.7 Å². The third-order valence-corrected chi connectivity index (χ3v) is 12.3. The maximum absolute atomic E-state index is 11.7. The Morgan fingerprint density at radius 3 is 1.07 bits per heavy atom. The Morgan fingerprint density at radius 2 is 0.929 bits per heavy atom. The van der Waals surface area contributed by atoms with Crippen molar-refractivity contribution in [3.05, 3.63) is 0 Å². The van der Waals surface area contributed by atoms with Crippen LogP contribution in [0.15, 0.2) is 0 Å². The van der Waals surface area contributed by atoms with E-state index in [4.69, 9.17) is 7.03 Å². The predicted molar refractivity (Wildman–Crippen MR) is 68.2 cm³/mol. The summed E-state index contributed by atoms with van der Waals surface area (Å²) in [5.74, 6) is 0. The molecule has 0 amide bonds. The SMILES string of the molecule is C[As](C)(C)(C)O[P+](=O)O[As](C)(C)(C)C. The molecule has 0 aromatic rings. The molecule has 0 atom stereocenters. The second kappa shape index (κ2) is 3.57. The van der Waals surface area contributed by atoms with Gasteiger partial charge in [0.25, 0.3) is 0 Å². The fourth-order valence-electron chi connectivity index (χ4n) is 0.548. The number of rotatable bonds is 4. The minimum atomic E-state index is -2.70. The Balaban J connectivity index is 4.44. The topological polar surface area (TPSA) is 35.5 Å². The number of hydrogen-bond donors (Lipinski definition) is 0. The van der Waals surface area contributed by atoms with Crippen molar-refractivity contribution >= 4 is 33.8 Å². The van der Waals surface area contributed by atoms with Gasteiger partial charge in [-0.2, -0.15) is 0 Å². The molecule has 0 aliphatic heterocycles. The van der Waals surface area contributed by atoms with E-state index >= 15 is 0 Å². The van der Waals surface area contributed by atoms with Crippen molar-refractivity contribution in [1.29, 1.82) is 0 Å². The first-order chi connectivity index (χ1) is 5.60. The van der Waals surface area contributed by atoms with Crippen LogP contribution in [-0.2, 0) is 11.6 Å². The van der Waals surface area contributed by atoms with Gasteiger partial charge in [-0.1, -0.05) is 0 Å². The van der Waals surface area contributed by atoms with Crippen molar-refractivity contribution in [1.82, 2.24) is 0 Å². The molecule has 0 heterocycles. The first-order valence-electron chi connectivity index (χ1n) is 4.49. The van der Waals surface area contributed by atoms with E-state index in [1.54, 1.807) is 0 Å². The molecule has 0 radical (unpaired) electrons. The van der Waals surface area contributed by atoms with E-state index in [0.29, 0.717) is 0 Å². The summed E-state index contributed by atoms with van der Waals surface area (Å²) < 4.78 is 22.8. The van der Waals surface area contributed by atoms with E-state index in [1.165, 1.54) is 0 Å². The molecule has 14 heavy (non-hydrogen) atoms. The van der Waals surface area contributed by atoms with Gasteiger partial charge < -0.3 is 0 Å². The van der Waals surface area contributed by atoms with Gasteiger partial charge in [0.05, 0.1) is 0 Å². The quantitative estimate of drug-likeness (QED) is 0.553. The Kier molecular flexibility index (Phi) is 3.86. The molecule has 0 saturated carbocycles. The first kappa shape index (κ1) is 15.1. The molecule has 0 spiro atoms. The van der Waals surface area contributed by atoms with Gasteiger partial charge in [-0.25, -0.2) is 0 Å². The molecule has 6 heteroatoms. The van der Waals surface area contributed by atoms with Crippen molar-refractivity contribution < 1.29 is 11.6 Å². The minimum absolute atomic E-state index is 1.94. The van der Waals surface area contributed by atoms with Gasteiger partial charge in [0.1, 0.15) is 0 Å². The van der Waals surface area contributed by atoms with Crippen molar-refractivity contribution in [2.75, 3.05) is 0 Å². The summed E-state index contributed by atoms with van der Waals surface area (Å²) in [4.78, 5) is 0. The van der Waals surface area contributed by atoms with Crippen molar-refractivity contribution in [3.8, 4) is 0 Å². The molecule has 0 fully saturated rings. The molecule has 88 valence electrons. The first-order valence-corrected chi connectivity index (χ1v) is 22.1. The molecule has 0 unspecified atom stereocenters. The van der Waals surface area contributed by atoms with Crippen molar-refractivity contribution in [2.24, 2.45) is 0 Å². The van der Waals surface area contributed by atoms with Crippen LogP contribution < -0.4 is 0 Å². The predicted octanol–water partition coefficient (Wildman–Crippen LogP) is 4.51. The summed E-state index contributed by atoms with van der Waals surface area (Å²) in [6.07, 6.45) is 0. The zero-order valence-electron chi connectivity index (χ0n) is 10.6. The van der Waals surface area contributed by atoms with Crippen LogP contribution in [0.1, 0.15) is 0 Å².